The highest BCUT2D eigenvalue weighted by atomic mass is 16.5. The highest BCUT2D eigenvalue weighted by molar-refractivity contribution is 5.19. The third kappa shape index (κ3) is 1.65. The molecule has 4 nitrogen and oxygen atoms in total. The molecule has 1 unspecified atom stereocenters. The quantitative estimate of drug-likeness (QED) is 0.711. The van der Waals surface area contributed by atoms with E-state index in [0.29, 0.717) is 6.61 Å². The van der Waals surface area contributed by atoms with E-state index >= 15 is 0 Å². The van der Waals surface area contributed by atoms with E-state index in [1.54, 1.807) is 13.3 Å². The summed E-state index contributed by atoms with van der Waals surface area (Å²) in [5.74, 6) is 0. The SMILES string of the molecule is COCC(N)c1cnn(C)c1C. The summed E-state index contributed by atoms with van der Waals surface area (Å²) in [6.07, 6.45) is 1.79. The maximum absolute atomic E-state index is 5.84. The Labute approximate surface area is 72.3 Å². The molecule has 0 aliphatic carbocycles. The number of hydrogen-bond donors (Lipinski definition) is 1. The summed E-state index contributed by atoms with van der Waals surface area (Å²) < 4.78 is 6.77. The standard InChI is InChI=1S/C8H15N3O/c1-6-7(4-10-11(6)2)8(9)5-12-3/h4,8H,5,9H2,1-3H3. The molecule has 0 aliphatic rings. The van der Waals surface area contributed by atoms with Gasteiger partial charge in [0.2, 0.25) is 0 Å². The van der Waals surface area contributed by atoms with Gasteiger partial charge in [0.25, 0.3) is 0 Å². The van der Waals surface area contributed by atoms with E-state index in [2.05, 4.69) is 5.10 Å². The van der Waals surface area contributed by atoms with Crippen molar-refractivity contribution in [3.8, 4) is 0 Å². The van der Waals surface area contributed by atoms with Crippen molar-refractivity contribution in [2.24, 2.45) is 12.8 Å². The first-order valence-electron chi connectivity index (χ1n) is 3.89. The van der Waals surface area contributed by atoms with Crippen molar-refractivity contribution < 1.29 is 4.74 Å². The number of nitrogens with two attached hydrogens (primary N) is 1. The molecule has 1 aromatic heterocycles. The molecule has 4 heteroatoms. The third-order valence-corrected chi connectivity index (χ3v) is 2.02. The molecule has 0 amide bonds. The summed E-state index contributed by atoms with van der Waals surface area (Å²) in [4.78, 5) is 0. The van der Waals surface area contributed by atoms with Crippen LogP contribution in [0.25, 0.3) is 0 Å². The van der Waals surface area contributed by atoms with Crippen molar-refractivity contribution in [1.82, 2.24) is 9.78 Å². The van der Waals surface area contributed by atoms with Crippen molar-refractivity contribution in [2.45, 2.75) is 13.0 Å². The molecule has 12 heavy (non-hydrogen) atoms. The summed E-state index contributed by atoms with van der Waals surface area (Å²) in [6.45, 7) is 2.53. The number of hydrogen-bond acceptors (Lipinski definition) is 3. The Bertz CT molecular complexity index is 257. The summed E-state index contributed by atoms with van der Waals surface area (Å²) in [5, 5.41) is 4.10. The minimum absolute atomic E-state index is 0.0660. The molecule has 0 spiro atoms. The molecule has 0 radical (unpaired) electrons. The molecule has 1 rings (SSSR count). The van der Waals surface area contributed by atoms with Gasteiger partial charge in [0, 0.05) is 25.4 Å². The van der Waals surface area contributed by atoms with E-state index in [-0.39, 0.29) is 6.04 Å². The molecule has 0 saturated heterocycles. The molecule has 1 heterocycles. The van der Waals surface area contributed by atoms with Gasteiger partial charge in [-0.1, -0.05) is 0 Å². The van der Waals surface area contributed by atoms with E-state index in [1.165, 1.54) is 0 Å². The van der Waals surface area contributed by atoms with Gasteiger partial charge in [-0.15, -0.1) is 0 Å². The monoisotopic (exact) mass is 169 g/mol. The Morgan fingerprint density at radius 2 is 2.42 bits per heavy atom. The Hall–Kier alpha value is -0.870. The van der Waals surface area contributed by atoms with Gasteiger partial charge in [0.05, 0.1) is 18.8 Å². The van der Waals surface area contributed by atoms with Crippen molar-refractivity contribution in [1.29, 1.82) is 0 Å². The predicted molar refractivity (Wildman–Crippen MR) is 46.7 cm³/mol. The van der Waals surface area contributed by atoms with Crippen molar-refractivity contribution >= 4 is 0 Å². The topological polar surface area (TPSA) is 53.1 Å². The van der Waals surface area contributed by atoms with Gasteiger partial charge in [-0.2, -0.15) is 5.10 Å². The molecular formula is C8H15N3O. The maximum Gasteiger partial charge on any atom is 0.0656 e. The lowest BCUT2D eigenvalue weighted by atomic mass is 10.1. The lowest BCUT2D eigenvalue weighted by Gasteiger charge is -2.09. The number of aryl methyl sites for hydroxylation is 1. The maximum atomic E-state index is 5.84. The van der Waals surface area contributed by atoms with Crippen LogP contribution < -0.4 is 5.73 Å². The van der Waals surface area contributed by atoms with Crippen LogP contribution in [0.15, 0.2) is 6.20 Å². The first-order chi connectivity index (χ1) is 5.66. The van der Waals surface area contributed by atoms with Crippen LogP contribution in [0.5, 0.6) is 0 Å². The zero-order valence-electron chi connectivity index (χ0n) is 7.74. The predicted octanol–water partition coefficient (Wildman–Crippen LogP) is 0.375. The molecule has 68 valence electrons. The summed E-state index contributed by atoms with van der Waals surface area (Å²) in [7, 11) is 3.55. The fourth-order valence-corrected chi connectivity index (χ4v) is 1.15. The first-order valence-corrected chi connectivity index (χ1v) is 3.89. The molecule has 2 N–H and O–H groups in total. The van der Waals surface area contributed by atoms with E-state index in [0.717, 1.165) is 11.3 Å². The van der Waals surface area contributed by atoms with Gasteiger partial charge >= 0.3 is 0 Å². The van der Waals surface area contributed by atoms with Crippen LogP contribution in [0.2, 0.25) is 0 Å². The van der Waals surface area contributed by atoms with Crippen LogP contribution in [-0.2, 0) is 11.8 Å². The summed E-state index contributed by atoms with van der Waals surface area (Å²) in [5.41, 5.74) is 7.99. The fourth-order valence-electron chi connectivity index (χ4n) is 1.15. The van der Waals surface area contributed by atoms with Crippen LogP contribution in [-0.4, -0.2) is 23.5 Å². The van der Waals surface area contributed by atoms with E-state index in [4.69, 9.17) is 10.5 Å². The van der Waals surface area contributed by atoms with Crippen molar-refractivity contribution in [3.63, 3.8) is 0 Å². The smallest absolute Gasteiger partial charge is 0.0656 e. The van der Waals surface area contributed by atoms with E-state index in [9.17, 15) is 0 Å². The van der Waals surface area contributed by atoms with Gasteiger partial charge in [-0.3, -0.25) is 4.68 Å². The van der Waals surface area contributed by atoms with Gasteiger partial charge in [0.1, 0.15) is 0 Å². The molecule has 0 bridgehead atoms. The summed E-state index contributed by atoms with van der Waals surface area (Å²) in [6, 6.07) is -0.0660. The van der Waals surface area contributed by atoms with E-state index in [1.807, 2.05) is 18.7 Å². The second-order valence-electron chi connectivity index (χ2n) is 2.87. The van der Waals surface area contributed by atoms with Gasteiger partial charge in [-0.05, 0) is 6.92 Å². The highest BCUT2D eigenvalue weighted by Gasteiger charge is 2.11. The third-order valence-electron chi connectivity index (χ3n) is 2.02. The number of nitrogens with zero attached hydrogens (tertiary/aromatic N) is 2. The molecule has 1 aromatic rings. The molecule has 0 aliphatic heterocycles. The average molecular weight is 169 g/mol. The molecule has 1 atom stereocenters. The number of aromatic nitrogens is 2. The highest BCUT2D eigenvalue weighted by Crippen LogP contribution is 2.13. The Morgan fingerprint density at radius 3 is 2.83 bits per heavy atom. The van der Waals surface area contributed by atoms with Crippen molar-refractivity contribution in [2.75, 3.05) is 13.7 Å². The number of ether oxygens (including phenoxy) is 1. The molecule has 0 fully saturated rings. The molecule has 0 saturated carbocycles. The zero-order valence-corrected chi connectivity index (χ0v) is 7.74. The Kier molecular flexibility index (Phi) is 2.83. The van der Waals surface area contributed by atoms with Crippen LogP contribution in [0.3, 0.4) is 0 Å². The second-order valence-corrected chi connectivity index (χ2v) is 2.87. The Balaban J connectivity index is 2.80. The molecular weight excluding hydrogens is 154 g/mol. The lowest BCUT2D eigenvalue weighted by molar-refractivity contribution is 0.180. The van der Waals surface area contributed by atoms with Crippen LogP contribution >= 0.6 is 0 Å². The molecule has 0 aromatic carbocycles. The number of methoxy groups -OCH3 is 1. The fraction of sp³-hybridized carbons (Fsp3) is 0.625. The average Bonchev–Trinajstić information content (AvgIpc) is 2.34. The van der Waals surface area contributed by atoms with E-state index < -0.39 is 0 Å². The minimum Gasteiger partial charge on any atom is -0.383 e. The van der Waals surface area contributed by atoms with Crippen LogP contribution in [0, 0.1) is 6.92 Å². The van der Waals surface area contributed by atoms with Crippen LogP contribution in [0.1, 0.15) is 17.3 Å². The van der Waals surface area contributed by atoms with Gasteiger partial charge in [0.15, 0.2) is 0 Å². The summed E-state index contributed by atoms with van der Waals surface area (Å²) >= 11 is 0. The van der Waals surface area contributed by atoms with Crippen molar-refractivity contribution in [3.05, 3.63) is 17.5 Å². The second kappa shape index (κ2) is 3.69. The zero-order chi connectivity index (χ0) is 9.14. The minimum atomic E-state index is -0.0660. The van der Waals surface area contributed by atoms with Gasteiger partial charge in [-0.25, -0.2) is 0 Å². The lowest BCUT2D eigenvalue weighted by Crippen LogP contribution is -2.16. The largest absolute Gasteiger partial charge is 0.383 e. The number of rotatable bonds is 3. The normalized spacial score (nSPS) is 13.3. The first kappa shape index (κ1) is 9.22. The van der Waals surface area contributed by atoms with Gasteiger partial charge < -0.3 is 10.5 Å². The van der Waals surface area contributed by atoms with Crippen LogP contribution in [0.4, 0.5) is 0 Å². The Morgan fingerprint density at radius 1 is 1.75 bits per heavy atom.